The lowest BCUT2D eigenvalue weighted by Gasteiger charge is -2.46. The molecule has 2 aromatic carbocycles. The van der Waals surface area contributed by atoms with Crippen molar-refractivity contribution in [2.24, 2.45) is 0 Å². The van der Waals surface area contributed by atoms with Gasteiger partial charge < -0.3 is 14.5 Å². The molecular weight excluding hydrogens is 509 g/mol. The van der Waals surface area contributed by atoms with Gasteiger partial charge in [-0.1, -0.05) is 35.9 Å². The van der Waals surface area contributed by atoms with Crippen molar-refractivity contribution in [2.75, 3.05) is 0 Å². The van der Waals surface area contributed by atoms with Crippen molar-refractivity contribution in [3.05, 3.63) is 69.7 Å². The lowest BCUT2D eigenvalue weighted by Crippen LogP contribution is -2.65. The lowest BCUT2D eigenvalue weighted by molar-refractivity contribution is -0.155. The van der Waals surface area contributed by atoms with Crippen LogP contribution in [-0.4, -0.2) is 90.9 Å². The second kappa shape index (κ2) is 9.36. The Kier molecular flexibility index (Phi) is 6.92. The van der Waals surface area contributed by atoms with E-state index in [4.69, 9.17) is 58.9 Å². The third kappa shape index (κ3) is 4.28. The van der Waals surface area contributed by atoms with Gasteiger partial charge in [0.1, 0.15) is 7.85 Å². The second-order valence-corrected chi connectivity index (χ2v) is 9.53. The maximum atomic E-state index is 14.9. The molecule has 2 atom stereocenters. The molecule has 0 aromatic heterocycles. The Balaban J connectivity index is 1.62. The molecule has 4 amide bonds. The number of hydrogen-bond donors (Lipinski definition) is 0. The summed E-state index contributed by atoms with van der Waals surface area (Å²) in [7, 11) is 35.3. The molecule has 1 saturated heterocycles. The molecule has 0 bridgehead atoms. The van der Waals surface area contributed by atoms with E-state index in [1.54, 1.807) is 0 Å². The second-order valence-electron chi connectivity index (χ2n) is 9.09. The predicted octanol–water partition coefficient (Wildman–Crippen LogP) is 0.111. The van der Waals surface area contributed by atoms with Gasteiger partial charge in [-0.15, -0.1) is 0 Å². The van der Waals surface area contributed by atoms with Crippen LogP contribution in [0, 0.1) is 0 Å². The van der Waals surface area contributed by atoms with E-state index >= 15 is 0 Å². The summed E-state index contributed by atoms with van der Waals surface area (Å²) < 4.78 is 29.8. The fourth-order valence-corrected chi connectivity index (χ4v) is 4.48. The average Bonchev–Trinajstić information content (AvgIpc) is 3.22. The van der Waals surface area contributed by atoms with Crippen LogP contribution in [0.5, 0.6) is 0 Å². The number of fused-ring (bicyclic) bond motifs is 1. The number of imide groups is 1. The minimum Gasteiger partial charge on any atom is -0.398 e. The number of piperidine rings is 1. The summed E-state index contributed by atoms with van der Waals surface area (Å²) in [5.74, 6) is -9.84. The highest BCUT2D eigenvalue weighted by atomic mass is 35.5. The van der Waals surface area contributed by atoms with Crippen LogP contribution in [0.1, 0.15) is 33.5 Å². The van der Waals surface area contributed by atoms with Gasteiger partial charge in [-0.05, 0) is 41.1 Å². The van der Waals surface area contributed by atoms with E-state index in [0.717, 1.165) is 17.0 Å². The largest absolute Gasteiger partial charge is 0.398 e. The Hall–Kier alpha value is -2.94. The van der Waals surface area contributed by atoms with Crippen molar-refractivity contribution >= 4 is 82.6 Å². The number of benzene rings is 2. The van der Waals surface area contributed by atoms with Crippen molar-refractivity contribution in [3.8, 4) is 0 Å². The summed E-state index contributed by atoms with van der Waals surface area (Å²) in [5.41, 5.74) is -2.52. The number of rotatable bonds is 5. The van der Waals surface area contributed by atoms with Crippen LogP contribution >= 0.6 is 11.6 Å². The molecule has 12 radical (unpaired) electrons. The Labute approximate surface area is 230 Å². The highest BCUT2D eigenvalue weighted by Gasteiger charge is 2.52. The zero-order chi connectivity index (χ0) is 28.4. The maximum absolute atomic E-state index is 14.9. The van der Waals surface area contributed by atoms with E-state index in [0.29, 0.717) is 0 Å². The number of hydrogen-bond acceptors (Lipinski definition) is 4. The van der Waals surface area contributed by atoms with Crippen LogP contribution in [0.25, 0.3) is 0 Å². The van der Waals surface area contributed by atoms with Crippen molar-refractivity contribution in [1.82, 2.24) is 14.5 Å². The van der Waals surface area contributed by atoms with Gasteiger partial charge in [0.15, 0.2) is 0 Å². The molecule has 0 aliphatic carbocycles. The quantitative estimate of drug-likeness (QED) is 0.414. The predicted molar refractivity (Wildman–Crippen MR) is 138 cm³/mol. The zero-order valence-corrected chi connectivity index (χ0v) is 20.4. The lowest BCUT2D eigenvalue weighted by atomic mass is 9.55. The average molecular weight is 521 g/mol. The first-order valence-electron chi connectivity index (χ1n) is 11.0. The third-order valence-electron chi connectivity index (χ3n) is 6.62. The minimum atomic E-state index is -4.11. The molecular formula is C22H12B6ClF2N3O4. The molecule has 2 aliphatic rings. The maximum Gasteiger partial charge on any atom is 0.348 e. The summed E-state index contributed by atoms with van der Waals surface area (Å²) in [6.07, 6.45) is -0.395. The number of nitrogens with zero attached hydrogens (tertiary/aromatic N) is 3. The number of carbonyl (C=O) groups excluding carboxylic acids is 4. The van der Waals surface area contributed by atoms with Crippen LogP contribution in [0.4, 0.5) is 8.78 Å². The SMILES string of the molecule is [B]C1C[C@]([B])(N2Cc3cc(C([B])([B])N([B])C(=O)C(F)(F)c4ccc(Cl)cc4)ccc3C2=O)C(=O)N([B])C1=O. The molecule has 0 spiro atoms. The molecule has 2 aliphatic heterocycles. The highest BCUT2D eigenvalue weighted by molar-refractivity contribution is 6.44. The van der Waals surface area contributed by atoms with Crippen molar-refractivity contribution in [3.63, 3.8) is 0 Å². The number of carbonyl (C=O) groups is 4. The highest BCUT2D eigenvalue weighted by Crippen LogP contribution is 2.39. The monoisotopic (exact) mass is 521 g/mol. The summed E-state index contributed by atoms with van der Waals surface area (Å²) in [6.45, 7) is -0.269. The topological polar surface area (TPSA) is 78.0 Å². The Morgan fingerprint density at radius 3 is 2.26 bits per heavy atom. The van der Waals surface area contributed by atoms with Gasteiger partial charge in [0, 0.05) is 28.5 Å². The zero-order valence-electron chi connectivity index (χ0n) is 19.6. The third-order valence-corrected chi connectivity index (χ3v) is 6.87. The van der Waals surface area contributed by atoms with Gasteiger partial charge in [-0.2, -0.15) is 8.78 Å². The summed E-state index contributed by atoms with van der Waals surface area (Å²) in [6, 6.07) is 8.00. The van der Waals surface area contributed by atoms with Crippen LogP contribution < -0.4 is 0 Å². The minimum absolute atomic E-state index is 0.0100. The van der Waals surface area contributed by atoms with Gasteiger partial charge >= 0.3 is 5.92 Å². The van der Waals surface area contributed by atoms with Gasteiger partial charge in [0.25, 0.3) is 11.8 Å². The molecule has 16 heteroatoms. The number of alkyl halides is 2. The molecule has 2 aromatic rings. The summed E-state index contributed by atoms with van der Waals surface area (Å²) >= 11 is 5.72. The van der Waals surface area contributed by atoms with Gasteiger partial charge in [0.05, 0.1) is 29.0 Å². The fourth-order valence-electron chi connectivity index (χ4n) is 4.36. The van der Waals surface area contributed by atoms with Crippen LogP contribution in [0.3, 0.4) is 0 Å². The van der Waals surface area contributed by atoms with E-state index in [1.165, 1.54) is 30.3 Å². The number of halogens is 3. The summed E-state index contributed by atoms with van der Waals surface area (Å²) in [5, 5.41) is -2.28. The smallest absolute Gasteiger partial charge is 0.348 e. The Morgan fingerprint density at radius 2 is 1.66 bits per heavy atom. The van der Waals surface area contributed by atoms with Gasteiger partial charge in [-0.25, -0.2) is 0 Å². The molecule has 0 saturated carbocycles. The van der Waals surface area contributed by atoms with Gasteiger partial charge in [-0.3, -0.25) is 19.2 Å². The van der Waals surface area contributed by atoms with E-state index in [1.807, 2.05) is 0 Å². The van der Waals surface area contributed by atoms with E-state index in [9.17, 15) is 28.0 Å². The Morgan fingerprint density at radius 1 is 1.08 bits per heavy atom. The van der Waals surface area contributed by atoms with Crippen LogP contribution in [0.15, 0.2) is 42.5 Å². The normalized spacial score (nSPS) is 22.0. The first kappa shape index (κ1) is 28.1. The van der Waals surface area contributed by atoms with Crippen molar-refractivity contribution in [1.29, 1.82) is 0 Å². The van der Waals surface area contributed by atoms with Crippen molar-refractivity contribution < 1.29 is 28.0 Å². The Bertz CT molecular complexity index is 1370. The molecule has 7 nitrogen and oxygen atoms in total. The van der Waals surface area contributed by atoms with E-state index in [-0.39, 0.29) is 37.9 Å². The summed E-state index contributed by atoms with van der Waals surface area (Å²) in [4.78, 5) is 51.7. The molecule has 38 heavy (non-hydrogen) atoms. The molecule has 1 fully saturated rings. The first-order valence-corrected chi connectivity index (χ1v) is 11.3. The van der Waals surface area contributed by atoms with E-state index < -0.39 is 58.1 Å². The van der Waals surface area contributed by atoms with Crippen LogP contribution in [0.2, 0.25) is 10.8 Å². The fraction of sp³-hybridized carbons (Fsp3) is 0.273. The van der Waals surface area contributed by atoms with Crippen molar-refractivity contribution in [2.45, 2.75) is 35.5 Å². The molecule has 1 unspecified atom stereocenters. The molecule has 178 valence electrons. The first-order chi connectivity index (χ1) is 17.5. The van der Waals surface area contributed by atoms with Crippen LogP contribution in [-0.2, 0) is 32.2 Å². The molecule has 2 heterocycles. The number of amides is 4. The van der Waals surface area contributed by atoms with Gasteiger partial charge in [0.2, 0.25) is 27.8 Å². The standard InChI is InChI=1S/C22H12B6ClF2N3O4/c23-15-8-20(24,18(37)33(27)17(15)36)32-9-10-7-12(3-6-14(10)16(32)35)22(25,26)34(28)19(38)21(30,31)11-1-4-13(29)5-2-11/h1-7,15H,8-9H2/t15?,20-/m0/s1. The molecule has 0 N–H and O–H groups in total. The van der Waals surface area contributed by atoms with E-state index in [2.05, 4.69) is 0 Å². The molecule has 4 rings (SSSR count).